The summed E-state index contributed by atoms with van der Waals surface area (Å²) < 4.78 is 20.8. The molecule has 258 valence electrons. The molecule has 16 heteroatoms. The van der Waals surface area contributed by atoms with Gasteiger partial charge >= 0.3 is 36.2 Å². The van der Waals surface area contributed by atoms with Crippen molar-refractivity contribution >= 4 is 24.6 Å². The molecule has 16 nitrogen and oxygen atoms in total. The van der Waals surface area contributed by atoms with Crippen molar-refractivity contribution in [2.45, 2.75) is 157 Å². The highest BCUT2D eigenvalue weighted by atomic mass is 17.3. The van der Waals surface area contributed by atoms with Gasteiger partial charge in [0, 0.05) is 13.8 Å². The fourth-order valence-corrected chi connectivity index (χ4v) is 1.94. The van der Waals surface area contributed by atoms with Crippen LogP contribution in [0.15, 0.2) is 0 Å². The van der Waals surface area contributed by atoms with Crippen LogP contribution in [0.3, 0.4) is 0 Å². The zero-order valence-corrected chi connectivity index (χ0v) is 28.4. The Morgan fingerprint density at radius 2 is 0.523 bits per heavy atom. The quantitative estimate of drug-likeness (QED) is 0.0657. The zero-order chi connectivity index (χ0) is 34.6. The molecule has 0 aromatic rings. The lowest BCUT2D eigenvalue weighted by Gasteiger charge is -2.40. The highest BCUT2D eigenvalue weighted by Crippen LogP contribution is 2.36. The minimum Gasteiger partial charge on any atom is -0.381 e. The van der Waals surface area contributed by atoms with E-state index in [0.29, 0.717) is 25.7 Å². The van der Waals surface area contributed by atoms with Crippen LogP contribution in [0.25, 0.3) is 0 Å². The molecule has 0 fully saturated rings. The average molecular weight is 643 g/mol. The summed E-state index contributed by atoms with van der Waals surface area (Å²) in [5, 5.41) is 0. The van der Waals surface area contributed by atoms with Crippen LogP contribution in [-0.2, 0) is 58.0 Å². The molecule has 0 heterocycles. The van der Waals surface area contributed by atoms with Gasteiger partial charge in [-0.05, 0) is 81.1 Å². The van der Waals surface area contributed by atoms with Crippen molar-refractivity contribution in [1.82, 2.24) is 0 Å². The molecule has 0 saturated heterocycles. The molecule has 0 aliphatic rings. The molecule has 0 amide bonds. The molecule has 0 aliphatic carbocycles. The number of rotatable bonds is 17. The van der Waals surface area contributed by atoms with Crippen molar-refractivity contribution in [1.29, 1.82) is 0 Å². The Hall–Kier alpha value is -3.08. The van der Waals surface area contributed by atoms with Crippen molar-refractivity contribution in [3.05, 3.63) is 0 Å². The summed E-state index contributed by atoms with van der Waals surface area (Å²) in [5.74, 6) is -5.81. The van der Waals surface area contributed by atoms with Gasteiger partial charge in [0.05, 0.1) is 0 Å². The first-order valence-electron chi connectivity index (χ1n) is 14.2. The molecule has 0 bridgehead atoms. The van der Waals surface area contributed by atoms with Crippen LogP contribution in [0.2, 0.25) is 0 Å². The Labute approximate surface area is 258 Å². The Kier molecular flexibility index (Phi) is 15.2. The van der Waals surface area contributed by atoms with Gasteiger partial charge in [0.1, 0.15) is 22.4 Å². The molecule has 0 aromatic carbocycles. The van der Waals surface area contributed by atoms with Crippen molar-refractivity contribution in [3.63, 3.8) is 0 Å². The minimum atomic E-state index is -2.90. The van der Waals surface area contributed by atoms with E-state index in [-0.39, 0.29) is 0 Å². The Morgan fingerprint density at radius 1 is 0.364 bits per heavy atom. The second-order valence-electron chi connectivity index (χ2n) is 12.4. The van der Waals surface area contributed by atoms with Gasteiger partial charge in [-0.25, -0.2) is 19.2 Å². The Morgan fingerprint density at radius 3 is 0.659 bits per heavy atom. The van der Waals surface area contributed by atoms with E-state index in [4.69, 9.17) is 58.0 Å². The summed E-state index contributed by atoms with van der Waals surface area (Å²) in [6.07, 6.45) is -4.79. The lowest BCUT2D eigenvalue weighted by atomic mass is 10.1. The van der Waals surface area contributed by atoms with Gasteiger partial charge in [-0.3, -0.25) is 19.6 Å². The van der Waals surface area contributed by atoms with Crippen LogP contribution in [0.4, 0.5) is 19.2 Å². The largest absolute Gasteiger partial charge is 0.544 e. The lowest BCUT2D eigenvalue weighted by molar-refractivity contribution is -0.400. The Balaban J connectivity index is 6.54. The van der Waals surface area contributed by atoms with E-state index in [1.807, 2.05) is 0 Å². The lowest BCUT2D eigenvalue weighted by Crippen LogP contribution is -2.60. The normalized spacial score (nSPS) is 13.0. The van der Waals surface area contributed by atoms with Crippen LogP contribution >= 0.6 is 0 Å². The summed E-state index contributed by atoms with van der Waals surface area (Å²) in [5.41, 5.74) is -3.81. The minimum absolute atomic E-state index is 0.411. The fraction of sp³-hybridized carbons (Fsp3) is 0.857. The molecule has 0 atom stereocenters. The number of carbonyl (C=O) groups excluding carboxylic acids is 4. The van der Waals surface area contributed by atoms with Gasteiger partial charge in [0.2, 0.25) is 0 Å². The van der Waals surface area contributed by atoms with Crippen LogP contribution < -0.4 is 0 Å². The van der Waals surface area contributed by atoms with Gasteiger partial charge < -0.3 is 18.9 Å². The monoisotopic (exact) mass is 642 g/mol. The third-order valence-electron chi connectivity index (χ3n) is 6.68. The van der Waals surface area contributed by atoms with Crippen molar-refractivity contribution in [2.24, 2.45) is 0 Å². The molecule has 0 aromatic heterocycles. The smallest absolute Gasteiger partial charge is 0.381 e. The molecule has 0 aliphatic heterocycles. The SMILES string of the molecule is CCC(C)(C)OOC(=O)OC(C)(OC(=O)OOC(C)(C)CC)C(C)(OC(=O)OOC(C)(C)CC)OC(=O)OOC(C)(C)CC. The van der Waals surface area contributed by atoms with Gasteiger partial charge in [-0.2, -0.15) is 19.6 Å². The zero-order valence-electron chi connectivity index (χ0n) is 28.4. The van der Waals surface area contributed by atoms with E-state index >= 15 is 0 Å². The van der Waals surface area contributed by atoms with E-state index in [1.165, 1.54) is 0 Å². The maximum atomic E-state index is 12.8. The highest BCUT2D eigenvalue weighted by Gasteiger charge is 2.61. The van der Waals surface area contributed by atoms with E-state index < -0.39 is 58.6 Å². The summed E-state index contributed by atoms with van der Waals surface area (Å²) in [4.78, 5) is 90.1. The molecule has 0 spiro atoms. The molecular weight excluding hydrogens is 592 g/mol. The predicted octanol–water partition coefficient (Wildman–Crippen LogP) is 7.51. The van der Waals surface area contributed by atoms with Crippen molar-refractivity contribution in [3.8, 4) is 0 Å². The first kappa shape index (κ1) is 40.9. The summed E-state index contributed by atoms with van der Waals surface area (Å²) >= 11 is 0. The third kappa shape index (κ3) is 14.6. The van der Waals surface area contributed by atoms with Gasteiger partial charge in [0.25, 0.3) is 0 Å². The summed E-state index contributed by atoms with van der Waals surface area (Å²) in [6, 6.07) is 0. The third-order valence-corrected chi connectivity index (χ3v) is 6.68. The molecule has 0 N–H and O–H groups in total. The predicted molar refractivity (Wildman–Crippen MR) is 149 cm³/mol. The molecular formula is C28H50O16. The summed E-state index contributed by atoms with van der Waals surface area (Å²) in [6.45, 7) is 21.7. The second-order valence-corrected chi connectivity index (χ2v) is 12.4. The number of carbonyl (C=O) groups is 4. The topological polar surface area (TPSA) is 179 Å². The average Bonchev–Trinajstić information content (AvgIpc) is 2.93. The first-order valence-corrected chi connectivity index (χ1v) is 14.2. The number of ether oxygens (including phenoxy) is 4. The maximum Gasteiger partial charge on any atom is 0.544 e. The van der Waals surface area contributed by atoms with Crippen LogP contribution in [0.5, 0.6) is 0 Å². The number of hydrogen-bond donors (Lipinski definition) is 0. The summed E-state index contributed by atoms with van der Waals surface area (Å²) in [7, 11) is 0. The van der Waals surface area contributed by atoms with Gasteiger partial charge in [-0.15, -0.1) is 0 Å². The van der Waals surface area contributed by atoms with Gasteiger partial charge in [0.15, 0.2) is 0 Å². The van der Waals surface area contributed by atoms with E-state index in [0.717, 1.165) is 13.8 Å². The highest BCUT2D eigenvalue weighted by molar-refractivity contribution is 5.65. The first-order chi connectivity index (χ1) is 19.9. The molecule has 0 saturated carbocycles. The van der Waals surface area contributed by atoms with Crippen LogP contribution in [0.1, 0.15) is 123 Å². The Bertz CT molecular complexity index is 811. The van der Waals surface area contributed by atoms with Crippen LogP contribution in [0, 0.1) is 0 Å². The van der Waals surface area contributed by atoms with Crippen molar-refractivity contribution in [2.75, 3.05) is 0 Å². The van der Waals surface area contributed by atoms with Gasteiger partial charge in [-0.1, -0.05) is 27.7 Å². The van der Waals surface area contributed by atoms with E-state index in [1.54, 1.807) is 83.1 Å². The maximum absolute atomic E-state index is 12.8. The molecule has 0 rings (SSSR count). The van der Waals surface area contributed by atoms with Crippen molar-refractivity contribution < 1.29 is 77.2 Å². The fourth-order valence-electron chi connectivity index (χ4n) is 1.94. The van der Waals surface area contributed by atoms with E-state index in [9.17, 15) is 19.2 Å². The standard InChI is InChI=1S/C28H50O16/c1-15-23(5,6)41-37-19(29)33-27(13,34-20(30)38-42-24(7,8)16-2)28(14,35-21(31)39-43-25(9,10)17-3)36-22(32)40-44-26(11,12)18-4/h15-18H2,1-14H3. The van der Waals surface area contributed by atoms with Crippen LogP contribution in [-0.4, -0.2) is 58.6 Å². The number of hydrogen-bond acceptors (Lipinski definition) is 16. The molecule has 0 unspecified atom stereocenters. The van der Waals surface area contributed by atoms with E-state index in [2.05, 4.69) is 0 Å². The molecule has 44 heavy (non-hydrogen) atoms. The second kappa shape index (κ2) is 16.3. The molecule has 0 radical (unpaired) electrons.